The topological polar surface area (TPSA) is 81.7 Å². The molecule has 0 spiro atoms. The summed E-state index contributed by atoms with van der Waals surface area (Å²) in [5.41, 5.74) is -1.34. The van der Waals surface area contributed by atoms with E-state index in [1.54, 1.807) is 41.5 Å². The average Bonchev–Trinajstić information content (AvgIpc) is 2.39. The van der Waals surface area contributed by atoms with E-state index < -0.39 is 33.2 Å². The van der Waals surface area contributed by atoms with Gasteiger partial charge in [-0.25, -0.2) is 8.42 Å². The molecule has 0 saturated heterocycles. The van der Waals surface area contributed by atoms with E-state index in [-0.39, 0.29) is 21.5 Å². The second-order valence-electron chi connectivity index (χ2n) is 7.74. The number of nitrogens with one attached hydrogen (secondary N) is 1. The van der Waals surface area contributed by atoms with Gasteiger partial charge in [-0.1, -0.05) is 23.2 Å². The van der Waals surface area contributed by atoms with Crippen LogP contribution in [0.3, 0.4) is 0 Å². The van der Waals surface area contributed by atoms with Crippen molar-refractivity contribution in [1.29, 1.82) is 0 Å². The van der Waals surface area contributed by atoms with Crippen LogP contribution in [-0.2, 0) is 24.3 Å². The second kappa shape index (κ2) is 8.44. The molecule has 0 bridgehead atoms. The highest BCUT2D eigenvalue weighted by atomic mass is 35.5. The zero-order chi connectivity index (χ0) is 20.3. The first kappa shape index (κ1) is 23.2. The summed E-state index contributed by atoms with van der Waals surface area (Å²) in [6, 6.07) is 2.67. The molecule has 1 rings (SSSR count). The van der Waals surface area contributed by atoms with Crippen LogP contribution in [0.25, 0.3) is 0 Å². The number of carbonyl (C=O) groups excluding carboxylic acids is 1. The van der Waals surface area contributed by atoms with Crippen LogP contribution in [0.15, 0.2) is 23.1 Å². The predicted octanol–water partition coefficient (Wildman–Crippen LogP) is 3.80. The van der Waals surface area contributed by atoms with Gasteiger partial charge in [-0.15, -0.1) is 0 Å². The number of rotatable bonds is 6. The van der Waals surface area contributed by atoms with Crippen molar-refractivity contribution in [3.05, 3.63) is 28.2 Å². The third-order valence-corrected chi connectivity index (χ3v) is 4.71. The summed E-state index contributed by atoms with van der Waals surface area (Å²) in [6.45, 7) is 10.3. The molecule has 0 aromatic heterocycles. The first-order valence-corrected chi connectivity index (χ1v) is 10.2. The van der Waals surface area contributed by atoms with Crippen molar-refractivity contribution >= 4 is 39.2 Å². The smallest absolute Gasteiger partial charge is 0.327 e. The van der Waals surface area contributed by atoms with Crippen molar-refractivity contribution in [3.63, 3.8) is 0 Å². The molecule has 0 saturated carbocycles. The minimum Gasteiger partial charge on any atom is -0.459 e. The maximum atomic E-state index is 12.6. The van der Waals surface area contributed by atoms with Gasteiger partial charge in [0.05, 0.1) is 17.1 Å². The van der Waals surface area contributed by atoms with Crippen molar-refractivity contribution in [2.45, 2.75) is 63.7 Å². The van der Waals surface area contributed by atoms with Crippen molar-refractivity contribution in [1.82, 2.24) is 4.72 Å². The van der Waals surface area contributed by atoms with E-state index in [2.05, 4.69) is 4.72 Å². The van der Waals surface area contributed by atoms with Crippen LogP contribution >= 0.6 is 23.2 Å². The van der Waals surface area contributed by atoms with E-state index in [1.165, 1.54) is 18.2 Å². The summed E-state index contributed by atoms with van der Waals surface area (Å²) in [5, 5.41) is 0.329. The number of sulfonamides is 1. The molecule has 0 fully saturated rings. The number of halogens is 2. The van der Waals surface area contributed by atoms with Gasteiger partial charge in [-0.05, 0) is 59.7 Å². The zero-order valence-electron chi connectivity index (χ0n) is 15.7. The molecule has 6 nitrogen and oxygen atoms in total. The molecule has 0 aliphatic rings. The Kier molecular flexibility index (Phi) is 7.52. The zero-order valence-corrected chi connectivity index (χ0v) is 18.1. The van der Waals surface area contributed by atoms with Crippen LogP contribution in [0, 0.1) is 0 Å². The van der Waals surface area contributed by atoms with Gasteiger partial charge in [0.25, 0.3) is 0 Å². The third kappa shape index (κ3) is 8.22. The number of esters is 1. The maximum Gasteiger partial charge on any atom is 0.327 e. The lowest BCUT2D eigenvalue weighted by molar-refractivity contribution is -0.159. The summed E-state index contributed by atoms with van der Waals surface area (Å²) in [7, 11) is -4.07. The van der Waals surface area contributed by atoms with Gasteiger partial charge in [0.1, 0.15) is 11.6 Å². The highest BCUT2D eigenvalue weighted by Crippen LogP contribution is 2.23. The molecule has 9 heteroatoms. The Morgan fingerprint density at radius 2 is 1.54 bits per heavy atom. The molecule has 0 heterocycles. The number of hydrogen-bond acceptors (Lipinski definition) is 5. The standard InChI is InChI=1S/C17H25Cl2NO5S/c1-16(2,3)24-10-14(15(21)25-17(4,5)6)20-26(22,23)13-8-11(18)7-12(19)9-13/h7-9,14,20H,10H2,1-6H3. The van der Waals surface area contributed by atoms with Crippen LogP contribution in [-0.4, -0.2) is 38.2 Å². The van der Waals surface area contributed by atoms with Crippen molar-refractivity contribution in [3.8, 4) is 0 Å². The Labute approximate surface area is 165 Å². The summed E-state index contributed by atoms with van der Waals surface area (Å²) in [5.74, 6) is -0.738. The maximum absolute atomic E-state index is 12.6. The Morgan fingerprint density at radius 1 is 1.04 bits per heavy atom. The van der Waals surface area contributed by atoms with Gasteiger partial charge >= 0.3 is 5.97 Å². The Morgan fingerprint density at radius 3 is 1.96 bits per heavy atom. The molecule has 0 aliphatic carbocycles. The molecule has 0 amide bonds. The van der Waals surface area contributed by atoms with E-state index >= 15 is 0 Å². The first-order chi connectivity index (χ1) is 11.6. The highest BCUT2D eigenvalue weighted by molar-refractivity contribution is 7.89. The molecule has 1 aromatic rings. The van der Waals surface area contributed by atoms with E-state index in [0.717, 1.165) is 0 Å². The minimum atomic E-state index is -4.07. The number of ether oxygens (including phenoxy) is 2. The highest BCUT2D eigenvalue weighted by Gasteiger charge is 2.31. The molecule has 0 radical (unpaired) electrons. The van der Waals surface area contributed by atoms with E-state index in [1.807, 2.05) is 0 Å². The molecule has 1 N–H and O–H groups in total. The van der Waals surface area contributed by atoms with Crippen molar-refractivity contribution in [2.75, 3.05) is 6.61 Å². The van der Waals surface area contributed by atoms with Crippen LogP contribution < -0.4 is 4.72 Å². The largest absolute Gasteiger partial charge is 0.459 e. The molecule has 1 aromatic carbocycles. The molecule has 1 unspecified atom stereocenters. The molecule has 1 atom stereocenters. The Balaban J connectivity index is 3.11. The number of carbonyl (C=O) groups is 1. The van der Waals surface area contributed by atoms with Crippen LogP contribution in [0.2, 0.25) is 10.0 Å². The van der Waals surface area contributed by atoms with E-state index in [4.69, 9.17) is 32.7 Å². The predicted molar refractivity (Wildman–Crippen MR) is 102 cm³/mol. The van der Waals surface area contributed by atoms with Crippen LogP contribution in [0.1, 0.15) is 41.5 Å². The average molecular weight is 426 g/mol. The fourth-order valence-corrected chi connectivity index (χ4v) is 3.69. The second-order valence-corrected chi connectivity index (χ2v) is 10.3. The van der Waals surface area contributed by atoms with Gasteiger partial charge in [0.15, 0.2) is 0 Å². The third-order valence-electron chi connectivity index (χ3n) is 2.82. The summed E-state index contributed by atoms with van der Waals surface area (Å²) in [4.78, 5) is 12.3. The van der Waals surface area contributed by atoms with Gasteiger partial charge in [0.2, 0.25) is 10.0 Å². The van der Waals surface area contributed by atoms with Crippen LogP contribution in [0.5, 0.6) is 0 Å². The monoisotopic (exact) mass is 425 g/mol. The fraction of sp³-hybridized carbons (Fsp3) is 0.588. The summed E-state index contributed by atoms with van der Waals surface area (Å²) < 4.78 is 38.5. The summed E-state index contributed by atoms with van der Waals surface area (Å²) >= 11 is 11.7. The molecule has 26 heavy (non-hydrogen) atoms. The first-order valence-electron chi connectivity index (χ1n) is 7.94. The van der Waals surface area contributed by atoms with Crippen molar-refractivity contribution < 1.29 is 22.7 Å². The van der Waals surface area contributed by atoms with E-state index in [9.17, 15) is 13.2 Å². The normalized spacial score (nSPS) is 14.2. The molecular formula is C17H25Cl2NO5S. The van der Waals surface area contributed by atoms with Crippen LogP contribution in [0.4, 0.5) is 0 Å². The number of benzene rings is 1. The summed E-state index contributed by atoms with van der Waals surface area (Å²) in [6.07, 6.45) is 0. The lowest BCUT2D eigenvalue weighted by Gasteiger charge is -2.27. The Hall–Kier alpha value is -0.860. The minimum absolute atomic E-state index is 0.153. The Bertz CT molecular complexity index is 731. The van der Waals surface area contributed by atoms with Gasteiger partial charge in [-0.2, -0.15) is 4.72 Å². The molecule has 148 valence electrons. The van der Waals surface area contributed by atoms with E-state index in [0.29, 0.717) is 0 Å². The van der Waals surface area contributed by atoms with Gasteiger partial charge < -0.3 is 9.47 Å². The quantitative estimate of drug-likeness (QED) is 0.700. The lowest BCUT2D eigenvalue weighted by Crippen LogP contribution is -2.48. The lowest BCUT2D eigenvalue weighted by atomic mass is 10.2. The van der Waals surface area contributed by atoms with Gasteiger partial charge in [-0.3, -0.25) is 4.79 Å². The van der Waals surface area contributed by atoms with Gasteiger partial charge in [0, 0.05) is 10.0 Å². The molecule has 0 aliphatic heterocycles. The molecular weight excluding hydrogens is 401 g/mol. The number of hydrogen-bond donors (Lipinski definition) is 1. The van der Waals surface area contributed by atoms with Crippen molar-refractivity contribution in [2.24, 2.45) is 0 Å². The SMILES string of the molecule is CC(C)(C)OCC(NS(=O)(=O)c1cc(Cl)cc(Cl)c1)C(=O)OC(C)(C)C. The fourth-order valence-electron chi connectivity index (χ4n) is 1.80.